The van der Waals surface area contributed by atoms with Crippen LogP contribution in [0, 0.1) is 11.6 Å². The fourth-order valence-corrected chi connectivity index (χ4v) is 3.38. The Morgan fingerprint density at radius 2 is 1.81 bits per heavy atom. The number of hydrogen-bond acceptors (Lipinski definition) is 5. The largest absolute Gasteiger partial charge is 0.494 e. The molecule has 2 N–H and O–H groups in total. The van der Waals surface area contributed by atoms with Crippen LogP contribution in [0.4, 0.5) is 19.3 Å². The Morgan fingerprint density at radius 1 is 1.09 bits per heavy atom. The number of amides is 4. The normalized spacial score (nSPS) is 17.8. The second-order valence-electron chi connectivity index (χ2n) is 7.14. The molecule has 1 unspecified atom stereocenters. The van der Waals surface area contributed by atoms with Gasteiger partial charge in [0.1, 0.15) is 35.2 Å². The van der Waals surface area contributed by atoms with E-state index in [1.807, 2.05) is 6.92 Å². The molecule has 1 aliphatic heterocycles. The molecule has 1 atom stereocenters. The third-order valence-corrected chi connectivity index (χ3v) is 4.88. The summed E-state index contributed by atoms with van der Waals surface area (Å²) in [7, 11) is 0. The molecule has 170 valence electrons. The van der Waals surface area contributed by atoms with Gasteiger partial charge in [-0.05, 0) is 51.1 Å². The van der Waals surface area contributed by atoms with Crippen molar-refractivity contribution in [1.29, 1.82) is 0 Å². The number of hydrogen-bond donors (Lipinski definition) is 2. The molecule has 1 fully saturated rings. The molecule has 1 heterocycles. The fraction of sp³-hybridized carbons (Fsp3) is 0.318. The van der Waals surface area contributed by atoms with Crippen molar-refractivity contribution in [3.05, 3.63) is 53.6 Å². The van der Waals surface area contributed by atoms with Gasteiger partial charge in [-0.15, -0.1) is 0 Å². The van der Waals surface area contributed by atoms with Gasteiger partial charge in [-0.3, -0.25) is 14.5 Å². The first-order chi connectivity index (χ1) is 15.2. The molecule has 2 aromatic rings. The first kappa shape index (κ1) is 23.0. The number of nitrogens with zero attached hydrogens (tertiary/aromatic N) is 1. The quantitative estimate of drug-likeness (QED) is 0.606. The Morgan fingerprint density at radius 3 is 2.50 bits per heavy atom. The van der Waals surface area contributed by atoms with Gasteiger partial charge in [0.25, 0.3) is 5.91 Å². The summed E-state index contributed by atoms with van der Waals surface area (Å²) < 4.78 is 38.8. The van der Waals surface area contributed by atoms with E-state index < -0.39 is 41.6 Å². The second kappa shape index (κ2) is 9.21. The van der Waals surface area contributed by atoms with Gasteiger partial charge in [-0.25, -0.2) is 13.6 Å². The minimum absolute atomic E-state index is 0.300. The molecular formula is C22H23F2N3O5. The zero-order chi connectivity index (χ0) is 23.5. The molecule has 32 heavy (non-hydrogen) atoms. The van der Waals surface area contributed by atoms with E-state index in [0.29, 0.717) is 35.3 Å². The van der Waals surface area contributed by atoms with E-state index in [0.717, 1.165) is 18.2 Å². The molecule has 2 aromatic carbocycles. The molecule has 0 saturated carbocycles. The topological polar surface area (TPSA) is 97.0 Å². The van der Waals surface area contributed by atoms with Gasteiger partial charge in [0.2, 0.25) is 5.91 Å². The molecule has 1 aliphatic rings. The van der Waals surface area contributed by atoms with Gasteiger partial charge in [0.05, 0.1) is 18.9 Å². The number of halogens is 2. The number of carbonyl (C=O) groups is 3. The third-order valence-electron chi connectivity index (χ3n) is 4.88. The summed E-state index contributed by atoms with van der Waals surface area (Å²) in [5, 5.41) is 4.95. The van der Waals surface area contributed by atoms with Gasteiger partial charge >= 0.3 is 6.03 Å². The van der Waals surface area contributed by atoms with Gasteiger partial charge in [-0.2, -0.15) is 0 Å². The van der Waals surface area contributed by atoms with Crippen molar-refractivity contribution in [2.24, 2.45) is 0 Å². The van der Waals surface area contributed by atoms with Crippen LogP contribution in [0.3, 0.4) is 0 Å². The Labute approximate surface area is 183 Å². The van der Waals surface area contributed by atoms with Crippen LogP contribution < -0.4 is 20.1 Å². The first-order valence-electron chi connectivity index (χ1n) is 9.98. The SMILES string of the molecule is CCOc1ccc(OCC)c(NC(=O)CN2C(=O)NC(C)(c3cc(F)ccc3F)C2=O)c1. The number of carbonyl (C=O) groups excluding carboxylic acids is 3. The molecule has 4 amide bonds. The minimum atomic E-state index is -1.85. The summed E-state index contributed by atoms with van der Waals surface area (Å²) in [5.74, 6) is -2.31. The number of benzene rings is 2. The summed E-state index contributed by atoms with van der Waals surface area (Å²) in [6, 6.07) is 6.58. The summed E-state index contributed by atoms with van der Waals surface area (Å²) in [6.07, 6.45) is 0. The van der Waals surface area contributed by atoms with Gasteiger partial charge in [0.15, 0.2) is 0 Å². The summed E-state index contributed by atoms with van der Waals surface area (Å²) in [4.78, 5) is 38.6. The molecule has 0 spiro atoms. The number of rotatable bonds is 8. The van der Waals surface area contributed by atoms with Crippen LogP contribution in [0.1, 0.15) is 26.3 Å². The fourth-order valence-electron chi connectivity index (χ4n) is 3.38. The molecular weight excluding hydrogens is 424 g/mol. The lowest BCUT2D eigenvalue weighted by Gasteiger charge is -2.22. The van der Waals surface area contributed by atoms with Crippen LogP contribution in [-0.2, 0) is 15.1 Å². The lowest BCUT2D eigenvalue weighted by molar-refractivity contribution is -0.133. The third kappa shape index (κ3) is 4.48. The van der Waals surface area contributed by atoms with Gasteiger partial charge < -0.3 is 20.1 Å². The lowest BCUT2D eigenvalue weighted by atomic mass is 9.91. The van der Waals surface area contributed by atoms with E-state index in [1.54, 1.807) is 25.1 Å². The van der Waals surface area contributed by atoms with Gasteiger partial charge in [0, 0.05) is 11.6 Å². The van der Waals surface area contributed by atoms with Crippen LogP contribution in [0.2, 0.25) is 0 Å². The molecule has 0 bridgehead atoms. The maximum Gasteiger partial charge on any atom is 0.325 e. The molecule has 3 rings (SSSR count). The lowest BCUT2D eigenvalue weighted by Crippen LogP contribution is -2.42. The zero-order valence-corrected chi connectivity index (χ0v) is 17.8. The van der Waals surface area contributed by atoms with Crippen LogP contribution in [0.5, 0.6) is 11.5 Å². The number of ether oxygens (including phenoxy) is 2. The highest BCUT2D eigenvalue weighted by atomic mass is 19.1. The van der Waals surface area contributed by atoms with Crippen molar-refractivity contribution in [1.82, 2.24) is 10.2 Å². The summed E-state index contributed by atoms with van der Waals surface area (Å²) in [5.41, 5.74) is -1.88. The van der Waals surface area contributed by atoms with Crippen molar-refractivity contribution in [2.45, 2.75) is 26.3 Å². The van der Waals surface area contributed by atoms with E-state index in [9.17, 15) is 23.2 Å². The summed E-state index contributed by atoms with van der Waals surface area (Å²) in [6.45, 7) is 4.97. The standard InChI is InChI=1S/C22H23F2N3O5/c1-4-31-14-7-9-18(32-5-2)17(11-14)25-19(28)12-27-20(29)22(3,26-21(27)30)15-10-13(23)6-8-16(15)24/h6-11H,4-5,12H2,1-3H3,(H,25,28)(H,26,30). The van der Waals surface area contributed by atoms with E-state index in [1.165, 1.54) is 6.92 Å². The van der Waals surface area contributed by atoms with E-state index >= 15 is 0 Å². The maximum absolute atomic E-state index is 14.3. The monoisotopic (exact) mass is 447 g/mol. The highest BCUT2D eigenvalue weighted by molar-refractivity contribution is 6.10. The van der Waals surface area contributed by atoms with Crippen molar-refractivity contribution >= 4 is 23.5 Å². The number of urea groups is 1. The minimum Gasteiger partial charge on any atom is -0.494 e. The Kier molecular flexibility index (Phi) is 6.61. The Hall–Kier alpha value is -3.69. The van der Waals surface area contributed by atoms with E-state index in [-0.39, 0.29) is 5.56 Å². The predicted molar refractivity (Wildman–Crippen MR) is 111 cm³/mol. The van der Waals surface area contributed by atoms with Gasteiger partial charge in [-0.1, -0.05) is 0 Å². The maximum atomic E-state index is 14.3. The average Bonchev–Trinajstić information content (AvgIpc) is 2.95. The highest BCUT2D eigenvalue weighted by Crippen LogP contribution is 2.32. The first-order valence-corrected chi connectivity index (χ1v) is 9.98. The van der Waals surface area contributed by atoms with Crippen LogP contribution in [0.15, 0.2) is 36.4 Å². The van der Waals surface area contributed by atoms with Crippen molar-refractivity contribution < 1.29 is 32.6 Å². The number of anilines is 1. The average molecular weight is 447 g/mol. The highest BCUT2D eigenvalue weighted by Gasteiger charge is 2.50. The van der Waals surface area contributed by atoms with E-state index in [2.05, 4.69) is 10.6 Å². The van der Waals surface area contributed by atoms with Crippen LogP contribution in [0.25, 0.3) is 0 Å². The molecule has 1 saturated heterocycles. The molecule has 0 radical (unpaired) electrons. The Balaban J connectivity index is 1.80. The summed E-state index contributed by atoms with van der Waals surface area (Å²) >= 11 is 0. The molecule has 8 nitrogen and oxygen atoms in total. The Bertz CT molecular complexity index is 1060. The van der Waals surface area contributed by atoms with E-state index in [4.69, 9.17) is 9.47 Å². The van der Waals surface area contributed by atoms with Crippen LogP contribution in [-0.4, -0.2) is 42.5 Å². The number of imide groups is 1. The molecule has 10 heteroatoms. The second-order valence-corrected chi connectivity index (χ2v) is 7.14. The predicted octanol–water partition coefficient (Wildman–Crippen LogP) is 3.17. The molecule has 0 aromatic heterocycles. The smallest absolute Gasteiger partial charge is 0.325 e. The number of nitrogens with one attached hydrogen (secondary N) is 2. The van der Waals surface area contributed by atoms with Crippen molar-refractivity contribution in [2.75, 3.05) is 25.1 Å². The zero-order valence-electron chi connectivity index (χ0n) is 17.8. The van der Waals surface area contributed by atoms with Crippen molar-refractivity contribution in [3.63, 3.8) is 0 Å². The van der Waals surface area contributed by atoms with Crippen molar-refractivity contribution in [3.8, 4) is 11.5 Å². The molecule has 0 aliphatic carbocycles. The van der Waals surface area contributed by atoms with Crippen LogP contribution >= 0.6 is 0 Å².